The third kappa shape index (κ3) is 8.69. The Morgan fingerprint density at radius 3 is 1.93 bits per heavy atom. The smallest absolute Gasteiger partial charge is 1.00 e. The van der Waals surface area contributed by atoms with E-state index in [1.165, 1.54) is 14.0 Å². The molecule has 2 saturated heterocycles. The van der Waals surface area contributed by atoms with Crippen molar-refractivity contribution < 1.29 is 84.3 Å². The van der Waals surface area contributed by atoms with Gasteiger partial charge in [-0.2, -0.15) is 0 Å². The molecule has 0 bridgehead atoms. The van der Waals surface area contributed by atoms with E-state index in [9.17, 15) is 40.5 Å². The summed E-state index contributed by atoms with van der Waals surface area (Å²) >= 11 is 0. The number of nitrogens with one attached hydrogen (secondary N) is 1. The van der Waals surface area contributed by atoms with Gasteiger partial charge in [0.05, 0.1) is 18.8 Å². The minimum Gasteiger partial charge on any atom is -1.00 e. The molecule has 15 atom stereocenters. The van der Waals surface area contributed by atoms with Crippen LogP contribution in [0.1, 0.15) is 6.92 Å². The number of hydrogen-bond acceptors (Lipinski definition) is 15. The third-order valence-corrected chi connectivity index (χ3v) is 7.34. The van der Waals surface area contributed by atoms with Gasteiger partial charge in [-0.05, 0) is 14.0 Å². The largest absolute Gasteiger partial charge is 2.00 e. The summed E-state index contributed by atoms with van der Waals surface area (Å²) in [7, 11) is 1.42. The van der Waals surface area contributed by atoms with Crippen molar-refractivity contribution in [2.24, 2.45) is 32.9 Å². The van der Waals surface area contributed by atoms with E-state index in [-0.39, 0.29) is 68.8 Å². The van der Waals surface area contributed by atoms with Gasteiger partial charge in [-0.15, -0.1) is 0 Å². The van der Waals surface area contributed by atoms with Crippen LogP contribution in [0.5, 0.6) is 0 Å². The van der Waals surface area contributed by atoms with Gasteiger partial charge in [-0.3, -0.25) is 4.79 Å². The molecule has 0 aromatic rings. The number of carbonyl (C=O) groups excluding carboxylic acids is 1. The zero-order valence-electron chi connectivity index (χ0n) is 23.2. The molecule has 16 N–H and O–H groups in total. The zero-order chi connectivity index (χ0) is 30.1. The van der Waals surface area contributed by atoms with Crippen LogP contribution >= 0.6 is 0 Å². The van der Waals surface area contributed by atoms with Crippen LogP contribution in [-0.4, -0.2) is 197 Å². The Hall–Kier alpha value is -0.430. The molecule has 22 heteroatoms. The van der Waals surface area contributed by atoms with Crippen LogP contribution in [0.15, 0.2) is 9.98 Å². The number of aliphatic imine (C=N–C) groups is 2. The minimum absolute atomic E-state index is 0. The molecule has 2 aliphatic heterocycles. The van der Waals surface area contributed by atoms with Crippen molar-refractivity contribution >= 4 is 55.9 Å². The summed E-state index contributed by atoms with van der Waals surface area (Å²) in [5, 5.41) is 76.6. The predicted octanol–water partition coefficient (Wildman–Crippen LogP) is -14.5. The van der Waals surface area contributed by atoms with Crippen molar-refractivity contribution in [3.05, 3.63) is 0 Å². The normalized spacial score (nSPS) is 44.1. The van der Waals surface area contributed by atoms with Gasteiger partial charge in [0.2, 0.25) is 0 Å². The summed E-state index contributed by atoms with van der Waals surface area (Å²) in [4.78, 5) is 19.7. The summed E-state index contributed by atoms with van der Waals surface area (Å²) in [6.45, 7) is 0.620. The average Bonchev–Trinajstić information content (AvgIpc) is 3.13. The third-order valence-electron chi connectivity index (χ3n) is 7.34. The summed E-state index contributed by atoms with van der Waals surface area (Å²) < 4.78 is 22.9. The van der Waals surface area contributed by atoms with E-state index in [4.69, 9.17) is 41.9 Å². The van der Waals surface area contributed by atoms with Gasteiger partial charge in [-0.1, -0.05) is 0 Å². The zero-order valence-corrected chi connectivity index (χ0v) is 26.9. The fourth-order valence-electron chi connectivity index (χ4n) is 5.08. The van der Waals surface area contributed by atoms with E-state index < -0.39 is 110 Å². The van der Waals surface area contributed by atoms with Gasteiger partial charge in [0.15, 0.2) is 36.4 Å². The number of hydrogen-bond donors (Lipinski definition) is 12. The van der Waals surface area contributed by atoms with Crippen LogP contribution < -0.4 is 53.1 Å². The van der Waals surface area contributed by atoms with Crippen LogP contribution in [-0.2, 0) is 23.7 Å². The van der Waals surface area contributed by atoms with Gasteiger partial charge in [-0.25, -0.2) is 9.98 Å². The Balaban J connectivity index is 0.00000588. The first-order valence-corrected chi connectivity index (χ1v) is 12.4. The molecule has 1 aliphatic carbocycles. The van der Waals surface area contributed by atoms with Crippen molar-refractivity contribution in [3.8, 4) is 0 Å². The van der Waals surface area contributed by atoms with Crippen molar-refractivity contribution in [2.75, 3.05) is 13.7 Å². The predicted molar refractivity (Wildman–Crippen MR) is 139 cm³/mol. The van der Waals surface area contributed by atoms with E-state index >= 15 is 0 Å². The molecular weight excluding hydrogens is 653 g/mol. The number of ether oxygens (including phenoxy) is 4. The van der Waals surface area contributed by atoms with Crippen molar-refractivity contribution in [2.45, 2.75) is 98.2 Å². The Morgan fingerprint density at radius 1 is 0.884 bits per heavy atom. The Bertz CT molecular complexity index is 958. The van der Waals surface area contributed by atoms with E-state index in [1.54, 1.807) is 0 Å². The molecule has 43 heavy (non-hydrogen) atoms. The maximum Gasteiger partial charge on any atom is 2.00 e. The average molecular weight is 693 g/mol. The van der Waals surface area contributed by atoms with Gasteiger partial charge in [0.1, 0.15) is 60.9 Å². The first-order chi connectivity index (χ1) is 18.7. The number of nitrogens with zero attached hydrogens (tertiary/aromatic N) is 2. The number of aldehydes is 1. The summed E-state index contributed by atoms with van der Waals surface area (Å²) in [6, 6.07) is -4.08. The number of aliphatic hydroxyl groups is 7. The molecule has 0 unspecified atom stereocenters. The summed E-state index contributed by atoms with van der Waals surface area (Å²) in [6.07, 6.45) is -17.3. The summed E-state index contributed by atoms with van der Waals surface area (Å²) in [5.41, 5.74) is 19.4. The van der Waals surface area contributed by atoms with Crippen molar-refractivity contribution in [1.82, 2.24) is 5.32 Å². The van der Waals surface area contributed by atoms with Crippen LogP contribution in [0, 0.1) is 0 Å². The second kappa shape index (κ2) is 17.5. The number of aliphatic hydroxyl groups excluding tert-OH is 6. The molecule has 19 nitrogen and oxygen atoms in total. The molecule has 0 spiro atoms. The van der Waals surface area contributed by atoms with Gasteiger partial charge in [0.25, 0.3) is 0 Å². The minimum atomic E-state index is -2.38. The van der Waals surface area contributed by atoms with E-state index in [0.29, 0.717) is 0 Å². The molecule has 3 aliphatic rings. The first-order valence-electron chi connectivity index (χ1n) is 12.4. The molecular formula is C21H39CaCl2N7O12. The molecule has 1 saturated carbocycles. The van der Waals surface area contributed by atoms with Crippen LogP contribution in [0.3, 0.4) is 0 Å². The number of guanidine groups is 2. The molecule has 0 aromatic heterocycles. The Labute approximate surface area is 288 Å². The molecule has 0 aromatic carbocycles. The molecule has 0 radical (unpaired) electrons. The number of halogens is 2. The fourth-order valence-corrected chi connectivity index (χ4v) is 5.08. The second-order valence-corrected chi connectivity index (χ2v) is 9.89. The summed E-state index contributed by atoms with van der Waals surface area (Å²) in [5.74, 6) is -1.03. The second-order valence-electron chi connectivity index (χ2n) is 9.89. The molecule has 0 amide bonds. The molecule has 246 valence electrons. The Morgan fingerprint density at radius 2 is 1.44 bits per heavy atom. The van der Waals surface area contributed by atoms with Crippen LogP contribution in [0.25, 0.3) is 0 Å². The molecule has 3 fully saturated rings. The van der Waals surface area contributed by atoms with Gasteiger partial charge in [0, 0.05) is 0 Å². The number of nitrogens with two attached hydrogens (primary N) is 4. The number of rotatable bonds is 9. The molecule has 3 rings (SSSR count). The fraction of sp³-hybridized carbons (Fsp3) is 0.857. The van der Waals surface area contributed by atoms with Crippen LogP contribution in [0.2, 0.25) is 0 Å². The van der Waals surface area contributed by atoms with E-state index in [1.807, 2.05) is 0 Å². The quantitative estimate of drug-likeness (QED) is 0.0462. The SMILES string of the molecule is CN[C@@H]1[C@H](O[C@H]2[C@H](O[C@H]3[C@H](O)[C@@H](O)[C@H](N=C(N)N)[C@@H](O)[C@@H]3N=C(N)N)O[C@@H](C)[C@]2(O)C=O)O[C@@H](CO)[C@H](O)[C@H]1O.[Ca+2].[Cl-].[Cl-]. The topological polar surface area (TPSA) is 336 Å². The standard InChI is InChI=1S/C21H39N7O12.Ca.2ClH/c1-5-21(36,4-30)16(40-17-9(26-2)13(34)10(31)6(3-29)38-17)18(37-5)39-15-8(28-20(24)25)11(32)7(27-19(22)23)12(33)14(15)35;;;/h4-18,26,29,31-36H,3H2,1-2H3,(H4,22,23,27)(H4,24,25,28);;2*1H/q;+2;;/p-2/t5-,6-,7+,8-,9-,10-,11+,12-,13-,14+,15+,16-,17-,18-,21+;;;/m0.../s1. The first kappa shape index (κ1) is 42.6. The maximum absolute atomic E-state index is 12.1. The van der Waals surface area contributed by atoms with Gasteiger partial charge >= 0.3 is 37.7 Å². The van der Waals surface area contributed by atoms with E-state index in [0.717, 1.165) is 0 Å². The maximum atomic E-state index is 12.1. The van der Waals surface area contributed by atoms with Crippen LogP contribution in [0.4, 0.5) is 0 Å². The van der Waals surface area contributed by atoms with Crippen molar-refractivity contribution in [1.29, 1.82) is 0 Å². The Kier molecular flexibility index (Phi) is 17.3. The molecule has 2 heterocycles. The monoisotopic (exact) mass is 691 g/mol. The van der Waals surface area contributed by atoms with E-state index in [2.05, 4.69) is 15.3 Å². The number of carbonyl (C=O) groups is 1. The number of likely N-dealkylation sites (N-methyl/N-ethyl adjacent to an activating group) is 1. The van der Waals surface area contributed by atoms with Crippen molar-refractivity contribution in [3.63, 3.8) is 0 Å². The van der Waals surface area contributed by atoms with Gasteiger partial charge < -0.3 is 108 Å².